The van der Waals surface area contributed by atoms with Crippen LogP contribution in [0.2, 0.25) is 10.0 Å². The van der Waals surface area contributed by atoms with Crippen LogP contribution < -0.4 is 10.1 Å². The fourth-order valence-electron chi connectivity index (χ4n) is 2.04. The summed E-state index contributed by atoms with van der Waals surface area (Å²) in [5.41, 5.74) is 1.81. The van der Waals surface area contributed by atoms with Crippen LogP contribution >= 0.6 is 34.5 Å². The molecule has 3 rings (SSSR count). The summed E-state index contributed by atoms with van der Waals surface area (Å²) in [6, 6.07) is 10.5. The molecule has 0 bridgehead atoms. The van der Waals surface area contributed by atoms with Crippen LogP contribution in [0, 0.1) is 6.92 Å². The number of hydrogen-bond donors (Lipinski definition) is 1. The molecule has 4 nitrogen and oxygen atoms in total. The van der Waals surface area contributed by atoms with E-state index in [1.807, 2.05) is 19.1 Å². The van der Waals surface area contributed by atoms with Gasteiger partial charge in [0.1, 0.15) is 5.75 Å². The third-order valence-electron chi connectivity index (χ3n) is 3.08. The van der Waals surface area contributed by atoms with E-state index in [1.165, 1.54) is 11.3 Å². The Balaban J connectivity index is 1.65. The molecule has 0 aliphatic rings. The molecular formula is C16H12Cl2N2O2S. The first-order chi connectivity index (χ1) is 11.0. The van der Waals surface area contributed by atoms with E-state index in [0.717, 1.165) is 15.8 Å². The third-order valence-corrected chi connectivity index (χ3v) is 4.47. The van der Waals surface area contributed by atoms with Crippen molar-refractivity contribution in [2.45, 2.75) is 6.92 Å². The van der Waals surface area contributed by atoms with Gasteiger partial charge in [0.2, 0.25) is 0 Å². The Kier molecular flexibility index (Phi) is 4.71. The molecular weight excluding hydrogens is 355 g/mol. The van der Waals surface area contributed by atoms with E-state index in [2.05, 4.69) is 10.3 Å². The molecule has 0 spiro atoms. The van der Waals surface area contributed by atoms with Crippen molar-refractivity contribution in [1.29, 1.82) is 0 Å². The molecule has 7 heteroatoms. The van der Waals surface area contributed by atoms with Gasteiger partial charge in [-0.1, -0.05) is 34.5 Å². The van der Waals surface area contributed by atoms with Gasteiger partial charge >= 0.3 is 0 Å². The summed E-state index contributed by atoms with van der Waals surface area (Å²) in [5, 5.41) is 4.53. The average molecular weight is 367 g/mol. The van der Waals surface area contributed by atoms with Crippen LogP contribution in [0.15, 0.2) is 36.4 Å². The van der Waals surface area contributed by atoms with Crippen molar-refractivity contribution < 1.29 is 9.53 Å². The lowest BCUT2D eigenvalue weighted by Crippen LogP contribution is -2.19. The summed E-state index contributed by atoms with van der Waals surface area (Å²) in [7, 11) is 0. The fourth-order valence-corrected chi connectivity index (χ4v) is 3.51. The summed E-state index contributed by atoms with van der Waals surface area (Å²) >= 11 is 13.2. The van der Waals surface area contributed by atoms with E-state index >= 15 is 0 Å². The second-order valence-electron chi connectivity index (χ2n) is 4.88. The monoisotopic (exact) mass is 366 g/mol. The molecule has 118 valence electrons. The van der Waals surface area contributed by atoms with Gasteiger partial charge in [0.05, 0.1) is 10.2 Å². The number of halogens is 2. The molecule has 1 N–H and O–H groups in total. The van der Waals surface area contributed by atoms with Crippen LogP contribution in [-0.2, 0) is 4.79 Å². The quantitative estimate of drug-likeness (QED) is 0.712. The minimum atomic E-state index is -0.275. The number of fused-ring (bicyclic) bond motifs is 1. The number of nitrogens with zero attached hydrogens (tertiary/aromatic N) is 1. The van der Waals surface area contributed by atoms with Gasteiger partial charge in [-0.15, -0.1) is 0 Å². The normalized spacial score (nSPS) is 10.7. The number of anilines is 1. The predicted molar refractivity (Wildman–Crippen MR) is 94.9 cm³/mol. The van der Waals surface area contributed by atoms with Crippen LogP contribution in [0.1, 0.15) is 5.56 Å². The highest BCUT2D eigenvalue weighted by Gasteiger charge is 2.11. The first-order valence-electron chi connectivity index (χ1n) is 6.76. The summed E-state index contributed by atoms with van der Waals surface area (Å²) in [6.07, 6.45) is 0. The number of carbonyl (C=O) groups is 1. The average Bonchev–Trinajstić information content (AvgIpc) is 2.89. The van der Waals surface area contributed by atoms with Gasteiger partial charge in [0.15, 0.2) is 11.7 Å². The molecule has 0 radical (unpaired) electrons. The van der Waals surface area contributed by atoms with E-state index in [9.17, 15) is 4.79 Å². The van der Waals surface area contributed by atoms with Gasteiger partial charge in [0.25, 0.3) is 5.91 Å². The largest absolute Gasteiger partial charge is 0.484 e. The van der Waals surface area contributed by atoms with Crippen LogP contribution in [0.4, 0.5) is 5.13 Å². The van der Waals surface area contributed by atoms with E-state index < -0.39 is 0 Å². The molecule has 1 amide bonds. The number of rotatable bonds is 4. The maximum absolute atomic E-state index is 12.0. The predicted octanol–water partition coefficient (Wildman–Crippen LogP) is 4.93. The molecule has 2 aromatic carbocycles. The molecule has 1 heterocycles. The second kappa shape index (κ2) is 6.74. The number of thiazole rings is 1. The van der Waals surface area contributed by atoms with E-state index in [-0.39, 0.29) is 12.5 Å². The highest BCUT2D eigenvalue weighted by molar-refractivity contribution is 7.22. The van der Waals surface area contributed by atoms with Gasteiger partial charge in [0, 0.05) is 10.0 Å². The molecule has 23 heavy (non-hydrogen) atoms. The van der Waals surface area contributed by atoms with Crippen molar-refractivity contribution in [2.24, 2.45) is 0 Å². The Morgan fingerprint density at radius 2 is 1.96 bits per heavy atom. The highest BCUT2D eigenvalue weighted by atomic mass is 35.5. The van der Waals surface area contributed by atoms with Crippen LogP contribution in [0.3, 0.4) is 0 Å². The molecule has 0 saturated carbocycles. The lowest BCUT2D eigenvalue weighted by atomic mass is 10.2. The Hall–Kier alpha value is -1.82. The zero-order chi connectivity index (χ0) is 16.4. The SMILES string of the molecule is Cc1cc(Cl)cc2sc(NC(=O)COc3ccc(Cl)cc3)nc12. The van der Waals surface area contributed by atoms with Crippen molar-refractivity contribution >= 4 is 55.8 Å². The Bertz CT molecular complexity index is 862. The first-order valence-corrected chi connectivity index (χ1v) is 8.33. The molecule has 0 atom stereocenters. The maximum Gasteiger partial charge on any atom is 0.264 e. The van der Waals surface area contributed by atoms with Gasteiger partial charge in [-0.25, -0.2) is 4.98 Å². The molecule has 0 aliphatic carbocycles. The van der Waals surface area contributed by atoms with Crippen molar-refractivity contribution in [1.82, 2.24) is 4.98 Å². The van der Waals surface area contributed by atoms with E-state index in [0.29, 0.717) is 20.9 Å². The molecule has 0 fully saturated rings. The minimum absolute atomic E-state index is 0.0999. The summed E-state index contributed by atoms with van der Waals surface area (Å²) < 4.78 is 6.33. The van der Waals surface area contributed by atoms with Gasteiger partial charge in [-0.3, -0.25) is 10.1 Å². The lowest BCUT2D eigenvalue weighted by Gasteiger charge is -2.05. The zero-order valence-electron chi connectivity index (χ0n) is 12.1. The lowest BCUT2D eigenvalue weighted by molar-refractivity contribution is -0.118. The topological polar surface area (TPSA) is 51.2 Å². The summed E-state index contributed by atoms with van der Waals surface area (Å²) in [5.74, 6) is 0.305. The number of amides is 1. The van der Waals surface area contributed by atoms with Gasteiger partial charge in [-0.2, -0.15) is 0 Å². The Morgan fingerprint density at radius 3 is 2.70 bits per heavy atom. The third kappa shape index (κ3) is 3.93. The molecule has 0 aliphatic heterocycles. The molecule has 1 aromatic heterocycles. The summed E-state index contributed by atoms with van der Waals surface area (Å²) in [4.78, 5) is 16.4. The number of carbonyl (C=O) groups excluding carboxylic acids is 1. The van der Waals surface area contributed by atoms with Crippen molar-refractivity contribution in [3.05, 3.63) is 52.0 Å². The Labute approximate surface area is 147 Å². The number of aryl methyl sites for hydroxylation is 1. The first kappa shape index (κ1) is 16.1. The summed E-state index contributed by atoms with van der Waals surface area (Å²) in [6.45, 7) is 1.83. The van der Waals surface area contributed by atoms with Crippen LogP contribution in [-0.4, -0.2) is 17.5 Å². The minimum Gasteiger partial charge on any atom is -0.484 e. The highest BCUT2D eigenvalue weighted by Crippen LogP contribution is 2.30. The van der Waals surface area contributed by atoms with Crippen molar-refractivity contribution in [3.8, 4) is 5.75 Å². The number of benzene rings is 2. The van der Waals surface area contributed by atoms with Crippen molar-refractivity contribution in [2.75, 3.05) is 11.9 Å². The van der Waals surface area contributed by atoms with Gasteiger partial charge in [-0.05, 0) is 48.9 Å². The van der Waals surface area contributed by atoms with Gasteiger partial charge < -0.3 is 4.74 Å². The smallest absolute Gasteiger partial charge is 0.264 e. The molecule has 3 aromatic rings. The number of nitrogens with one attached hydrogen (secondary N) is 1. The number of aromatic nitrogens is 1. The fraction of sp³-hybridized carbons (Fsp3) is 0.125. The number of ether oxygens (including phenoxy) is 1. The standard InChI is InChI=1S/C16H12Cl2N2O2S/c1-9-6-11(18)7-13-15(9)20-16(23-13)19-14(21)8-22-12-4-2-10(17)3-5-12/h2-7H,8H2,1H3,(H,19,20,21). The van der Waals surface area contributed by atoms with E-state index in [1.54, 1.807) is 24.3 Å². The van der Waals surface area contributed by atoms with Crippen molar-refractivity contribution in [3.63, 3.8) is 0 Å². The number of hydrogen-bond acceptors (Lipinski definition) is 4. The molecule has 0 unspecified atom stereocenters. The van der Waals surface area contributed by atoms with Crippen LogP contribution in [0.5, 0.6) is 5.75 Å². The van der Waals surface area contributed by atoms with Crippen LogP contribution in [0.25, 0.3) is 10.2 Å². The second-order valence-corrected chi connectivity index (χ2v) is 6.78. The zero-order valence-corrected chi connectivity index (χ0v) is 14.4. The van der Waals surface area contributed by atoms with E-state index in [4.69, 9.17) is 27.9 Å². The molecule has 0 saturated heterocycles. The maximum atomic E-state index is 12.0. The Morgan fingerprint density at radius 1 is 1.22 bits per heavy atom.